The number of amides is 1. The lowest BCUT2D eigenvalue weighted by molar-refractivity contribution is 0.0944. The van der Waals surface area contributed by atoms with E-state index in [4.69, 9.17) is 9.47 Å². The van der Waals surface area contributed by atoms with E-state index >= 15 is 0 Å². The first-order chi connectivity index (χ1) is 18.1. The fourth-order valence-electron chi connectivity index (χ4n) is 4.80. The topological polar surface area (TPSA) is 71.3 Å². The molecule has 0 atom stereocenters. The summed E-state index contributed by atoms with van der Waals surface area (Å²) >= 11 is 0. The van der Waals surface area contributed by atoms with Gasteiger partial charge in [0, 0.05) is 56.4 Å². The first kappa shape index (κ1) is 24.5. The van der Waals surface area contributed by atoms with Gasteiger partial charge in [-0.1, -0.05) is 19.1 Å². The van der Waals surface area contributed by atoms with Crippen LogP contribution in [0.2, 0.25) is 0 Å². The number of carbonyl (C=O) groups excluding carboxylic acids is 1. The van der Waals surface area contributed by atoms with E-state index in [9.17, 15) is 4.79 Å². The van der Waals surface area contributed by atoms with Crippen molar-refractivity contribution in [1.29, 1.82) is 0 Å². The molecule has 5 rings (SSSR count). The Bertz CT molecular complexity index is 1360. The lowest BCUT2D eigenvalue weighted by atomic mass is 10.1. The van der Waals surface area contributed by atoms with Gasteiger partial charge in [-0.3, -0.25) is 9.20 Å². The van der Waals surface area contributed by atoms with Crippen LogP contribution >= 0.6 is 0 Å². The second-order valence-corrected chi connectivity index (χ2v) is 9.08. The predicted octanol–water partition coefficient (Wildman–Crippen LogP) is 4.17. The van der Waals surface area contributed by atoms with E-state index in [1.807, 2.05) is 41.8 Å². The zero-order valence-corrected chi connectivity index (χ0v) is 21.6. The monoisotopic (exact) mass is 499 g/mol. The number of aromatic nitrogens is 2. The number of hydrogen-bond acceptors (Lipinski definition) is 6. The number of benzene rings is 2. The van der Waals surface area contributed by atoms with Crippen LogP contribution in [0.5, 0.6) is 11.5 Å². The zero-order chi connectivity index (χ0) is 25.8. The minimum Gasteiger partial charge on any atom is -0.497 e. The molecule has 0 spiro atoms. The Labute approximate surface area is 217 Å². The molecule has 0 radical (unpaired) electrons. The van der Waals surface area contributed by atoms with Crippen LogP contribution in [0.1, 0.15) is 28.7 Å². The van der Waals surface area contributed by atoms with E-state index in [-0.39, 0.29) is 5.91 Å². The van der Waals surface area contributed by atoms with Crippen molar-refractivity contribution in [3.05, 3.63) is 83.8 Å². The number of nitrogens with zero attached hydrogens (tertiary/aromatic N) is 4. The third kappa shape index (κ3) is 5.18. The Morgan fingerprint density at radius 3 is 2.03 bits per heavy atom. The van der Waals surface area contributed by atoms with Crippen molar-refractivity contribution in [2.45, 2.75) is 19.9 Å². The van der Waals surface area contributed by atoms with Crippen LogP contribution in [0.4, 0.5) is 11.4 Å². The van der Waals surface area contributed by atoms with Crippen molar-refractivity contribution >= 4 is 22.9 Å². The molecule has 192 valence electrons. The van der Waals surface area contributed by atoms with Crippen LogP contribution in [-0.2, 0) is 13.0 Å². The van der Waals surface area contributed by atoms with Crippen LogP contribution < -0.4 is 24.6 Å². The van der Waals surface area contributed by atoms with Gasteiger partial charge in [0.15, 0.2) is 0 Å². The number of hydrogen-bond donors (Lipinski definition) is 1. The number of fused-ring (bicyclic) bond motifs is 1. The summed E-state index contributed by atoms with van der Waals surface area (Å²) in [6.45, 7) is 6.31. The second kappa shape index (κ2) is 10.8. The highest BCUT2D eigenvalue weighted by atomic mass is 16.5. The van der Waals surface area contributed by atoms with Crippen molar-refractivity contribution in [3.63, 3.8) is 0 Å². The average molecular weight is 500 g/mol. The number of pyridine rings is 1. The Morgan fingerprint density at radius 2 is 1.46 bits per heavy atom. The molecular formula is C29H33N5O3. The maximum atomic E-state index is 13.1. The number of methoxy groups -OCH3 is 2. The van der Waals surface area contributed by atoms with Crippen LogP contribution in [0.25, 0.3) is 5.65 Å². The molecule has 3 heterocycles. The molecule has 0 aliphatic carbocycles. The number of anilines is 2. The summed E-state index contributed by atoms with van der Waals surface area (Å²) in [6.07, 6.45) is 2.51. The normalized spacial score (nSPS) is 13.6. The summed E-state index contributed by atoms with van der Waals surface area (Å²) in [4.78, 5) is 22.5. The van der Waals surface area contributed by atoms with Gasteiger partial charge >= 0.3 is 0 Å². The van der Waals surface area contributed by atoms with Gasteiger partial charge < -0.3 is 24.6 Å². The summed E-state index contributed by atoms with van der Waals surface area (Å²) in [6, 6.07) is 20.4. The minimum absolute atomic E-state index is 0.131. The molecule has 4 aromatic rings. The van der Waals surface area contributed by atoms with E-state index in [0.717, 1.165) is 43.2 Å². The molecule has 0 saturated carbocycles. The highest BCUT2D eigenvalue weighted by Gasteiger charge is 2.20. The standard InChI is InChI=1S/C29H33N5O3/c1-4-26-28(34-14-13-25(37-3)19-27(34)31-26)29(35)30-20-21-5-7-22(8-6-21)32-15-17-33(18-16-32)23-9-11-24(36-2)12-10-23/h5-14,19H,4,15-18,20H2,1-3H3,(H,30,35). The van der Waals surface area contributed by atoms with Crippen molar-refractivity contribution < 1.29 is 14.3 Å². The number of rotatable bonds is 8. The molecule has 1 saturated heterocycles. The van der Waals surface area contributed by atoms with E-state index in [2.05, 4.69) is 56.5 Å². The Morgan fingerprint density at radius 1 is 0.865 bits per heavy atom. The highest BCUT2D eigenvalue weighted by molar-refractivity contribution is 5.94. The van der Waals surface area contributed by atoms with Crippen LogP contribution in [0.3, 0.4) is 0 Å². The molecule has 0 unspecified atom stereocenters. The van der Waals surface area contributed by atoms with Gasteiger partial charge in [0.25, 0.3) is 5.91 Å². The summed E-state index contributed by atoms with van der Waals surface area (Å²) < 4.78 is 12.4. The lowest BCUT2D eigenvalue weighted by Crippen LogP contribution is -2.46. The predicted molar refractivity (Wildman–Crippen MR) is 146 cm³/mol. The number of imidazole rings is 1. The molecule has 1 aliphatic rings. The molecule has 8 nitrogen and oxygen atoms in total. The van der Waals surface area contributed by atoms with Gasteiger partial charge in [0.1, 0.15) is 22.8 Å². The fourth-order valence-corrected chi connectivity index (χ4v) is 4.80. The molecule has 0 bridgehead atoms. The zero-order valence-electron chi connectivity index (χ0n) is 21.6. The maximum Gasteiger partial charge on any atom is 0.270 e. The van der Waals surface area contributed by atoms with E-state index in [0.29, 0.717) is 30.1 Å². The van der Waals surface area contributed by atoms with E-state index in [1.54, 1.807) is 14.2 Å². The van der Waals surface area contributed by atoms with E-state index in [1.165, 1.54) is 11.4 Å². The lowest BCUT2D eigenvalue weighted by Gasteiger charge is -2.37. The average Bonchev–Trinajstić information content (AvgIpc) is 3.34. The summed E-state index contributed by atoms with van der Waals surface area (Å²) in [5.41, 5.74) is 5.54. The third-order valence-electron chi connectivity index (χ3n) is 6.93. The maximum absolute atomic E-state index is 13.1. The van der Waals surface area contributed by atoms with Gasteiger partial charge in [-0.15, -0.1) is 0 Å². The molecule has 1 aliphatic heterocycles. The Kier molecular flexibility index (Phi) is 7.16. The number of ether oxygens (including phenoxy) is 2. The molecule has 1 N–H and O–H groups in total. The number of aryl methyl sites for hydroxylation is 1. The van der Waals surface area contributed by atoms with Gasteiger partial charge in [-0.05, 0) is 54.4 Å². The van der Waals surface area contributed by atoms with Gasteiger partial charge in [0.2, 0.25) is 0 Å². The third-order valence-corrected chi connectivity index (χ3v) is 6.93. The van der Waals surface area contributed by atoms with Crippen molar-refractivity contribution in [1.82, 2.24) is 14.7 Å². The SMILES string of the molecule is CCc1nc2cc(OC)ccn2c1C(=O)NCc1ccc(N2CCN(c3ccc(OC)cc3)CC2)cc1. The van der Waals surface area contributed by atoms with Crippen molar-refractivity contribution in [2.75, 3.05) is 50.2 Å². The first-order valence-electron chi connectivity index (χ1n) is 12.7. The summed E-state index contributed by atoms with van der Waals surface area (Å²) in [5, 5.41) is 3.07. The minimum atomic E-state index is -0.131. The van der Waals surface area contributed by atoms with Crippen LogP contribution in [-0.4, -0.2) is 55.7 Å². The van der Waals surface area contributed by atoms with Crippen molar-refractivity contribution in [3.8, 4) is 11.5 Å². The molecular weight excluding hydrogens is 466 g/mol. The van der Waals surface area contributed by atoms with Gasteiger partial charge in [-0.25, -0.2) is 4.98 Å². The fraction of sp³-hybridized carbons (Fsp3) is 0.310. The molecule has 1 amide bonds. The smallest absolute Gasteiger partial charge is 0.270 e. The largest absolute Gasteiger partial charge is 0.497 e. The second-order valence-electron chi connectivity index (χ2n) is 9.08. The Hall–Kier alpha value is -4.20. The Balaban J connectivity index is 1.18. The first-order valence-corrected chi connectivity index (χ1v) is 12.7. The number of nitrogens with one attached hydrogen (secondary N) is 1. The quantitative estimate of drug-likeness (QED) is 0.392. The molecule has 37 heavy (non-hydrogen) atoms. The molecule has 8 heteroatoms. The van der Waals surface area contributed by atoms with Gasteiger partial charge in [-0.2, -0.15) is 0 Å². The highest BCUT2D eigenvalue weighted by Crippen LogP contribution is 2.23. The molecule has 2 aromatic carbocycles. The summed E-state index contributed by atoms with van der Waals surface area (Å²) in [7, 11) is 3.31. The van der Waals surface area contributed by atoms with Crippen LogP contribution in [0.15, 0.2) is 66.9 Å². The molecule has 1 fully saturated rings. The number of piperazine rings is 1. The van der Waals surface area contributed by atoms with Crippen LogP contribution in [0, 0.1) is 0 Å². The van der Waals surface area contributed by atoms with Crippen molar-refractivity contribution in [2.24, 2.45) is 0 Å². The van der Waals surface area contributed by atoms with Gasteiger partial charge in [0.05, 0.1) is 19.9 Å². The summed E-state index contributed by atoms with van der Waals surface area (Å²) in [5.74, 6) is 1.46. The van der Waals surface area contributed by atoms with E-state index < -0.39 is 0 Å². The molecule has 2 aromatic heterocycles. The number of carbonyl (C=O) groups is 1.